The van der Waals surface area contributed by atoms with Gasteiger partial charge in [-0.25, -0.2) is 9.83 Å². The minimum atomic E-state index is 0.616. The van der Waals surface area contributed by atoms with Crippen molar-refractivity contribution in [2.45, 2.75) is 6.92 Å². The molecule has 2 aromatic carbocycles. The predicted octanol–water partition coefficient (Wildman–Crippen LogP) is 5.19. The molecule has 0 amide bonds. The summed E-state index contributed by atoms with van der Waals surface area (Å²) in [7, 11) is 0. The van der Waals surface area contributed by atoms with Gasteiger partial charge in [0.25, 0.3) is 0 Å². The molecule has 0 fully saturated rings. The molecule has 0 atom stereocenters. The van der Waals surface area contributed by atoms with Crippen LogP contribution in [0.1, 0.15) is 5.69 Å². The number of hydrogen-bond acceptors (Lipinski definition) is 1. The Morgan fingerprint density at radius 2 is 1.76 bits per heavy atom. The van der Waals surface area contributed by atoms with Gasteiger partial charge in [0.05, 0.1) is 12.3 Å². The van der Waals surface area contributed by atoms with E-state index in [9.17, 15) is 0 Å². The first kappa shape index (κ1) is 15.0. The maximum atomic E-state index is 7.21. The molecule has 2 heterocycles. The molecule has 4 heteroatoms. The summed E-state index contributed by atoms with van der Waals surface area (Å²) in [6, 6.07) is 19.9. The zero-order valence-electron chi connectivity index (χ0n) is 13.8. The monoisotopic (exact) mass is 324 g/mol. The Kier molecular flexibility index (Phi) is 3.68. The molecule has 0 aliphatic carbocycles. The summed E-state index contributed by atoms with van der Waals surface area (Å²) >= 11 is 0. The van der Waals surface area contributed by atoms with Crippen LogP contribution in [0.3, 0.4) is 0 Å². The van der Waals surface area contributed by atoms with Crippen LogP contribution in [0, 0.1) is 13.5 Å². The van der Waals surface area contributed by atoms with Gasteiger partial charge in [-0.3, -0.25) is 4.57 Å². The maximum Gasteiger partial charge on any atom is 0.187 e. The second-order valence-corrected chi connectivity index (χ2v) is 5.77. The first-order chi connectivity index (χ1) is 12.3. The van der Waals surface area contributed by atoms with E-state index in [1.54, 1.807) is 12.3 Å². The van der Waals surface area contributed by atoms with Gasteiger partial charge in [-0.1, -0.05) is 36.4 Å². The average Bonchev–Trinajstić information content (AvgIpc) is 3.29. The summed E-state index contributed by atoms with van der Waals surface area (Å²) in [4.78, 5) is 8.03. The minimum absolute atomic E-state index is 0.616. The van der Waals surface area contributed by atoms with Crippen LogP contribution in [-0.4, -0.2) is 14.1 Å². The van der Waals surface area contributed by atoms with Crippen molar-refractivity contribution in [1.29, 1.82) is 0 Å². The fourth-order valence-corrected chi connectivity index (χ4v) is 3.05. The van der Waals surface area contributed by atoms with Crippen LogP contribution in [0.2, 0.25) is 0 Å². The molecule has 0 saturated heterocycles. The van der Waals surface area contributed by atoms with Crippen molar-refractivity contribution < 1.29 is 0 Å². The van der Waals surface area contributed by atoms with Crippen molar-refractivity contribution in [3.8, 4) is 22.8 Å². The summed E-state index contributed by atoms with van der Waals surface area (Å²) in [5.41, 5.74) is 4.88. The highest BCUT2D eigenvalue weighted by Crippen LogP contribution is 2.27. The van der Waals surface area contributed by atoms with E-state index >= 15 is 0 Å². The van der Waals surface area contributed by atoms with E-state index < -0.39 is 0 Å². The first-order valence-corrected chi connectivity index (χ1v) is 8.03. The van der Waals surface area contributed by atoms with E-state index in [-0.39, 0.29) is 0 Å². The van der Waals surface area contributed by atoms with E-state index in [2.05, 4.69) is 50.3 Å². The molecule has 0 aliphatic rings. The highest BCUT2D eigenvalue weighted by Gasteiger charge is 2.13. The quantitative estimate of drug-likeness (QED) is 0.476. The van der Waals surface area contributed by atoms with E-state index in [0.717, 1.165) is 28.5 Å². The largest absolute Gasteiger partial charge is 0.319 e. The molecule has 2 aromatic heterocycles. The van der Waals surface area contributed by atoms with Crippen molar-refractivity contribution >= 4 is 5.69 Å². The Morgan fingerprint density at radius 1 is 0.920 bits per heavy atom. The average molecular weight is 324 g/mol. The van der Waals surface area contributed by atoms with Crippen LogP contribution < -0.4 is 0 Å². The third-order valence-corrected chi connectivity index (χ3v) is 4.28. The summed E-state index contributed by atoms with van der Waals surface area (Å²) < 4.78 is 4.23. The number of para-hydroxylation sites is 1. The van der Waals surface area contributed by atoms with Crippen LogP contribution in [0.25, 0.3) is 27.6 Å². The van der Waals surface area contributed by atoms with Crippen LogP contribution >= 0.6 is 0 Å². The van der Waals surface area contributed by atoms with Crippen LogP contribution in [0.15, 0.2) is 79.3 Å². The van der Waals surface area contributed by atoms with Crippen molar-refractivity contribution in [3.05, 3.63) is 96.4 Å². The molecular weight excluding hydrogens is 308 g/mol. The van der Waals surface area contributed by atoms with E-state index in [1.807, 2.05) is 42.6 Å². The predicted molar refractivity (Wildman–Crippen MR) is 99.3 cm³/mol. The normalized spacial score (nSPS) is 10.6. The first-order valence-electron chi connectivity index (χ1n) is 8.03. The Bertz CT molecular complexity index is 1060. The van der Waals surface area contributed by atoms with Crippen LogP contribution in [0.4, 0.5) is 5.69 Å². The third kappa shape index (κ3) is 2.62. The maximum absolute atomic E-state index is 7.21. The molecule has 0 N–H and O–H groups in total. The summed E-state index contributed by atoms with van der Waals surface area (Å²) in [6.07, 6.45) is 5.82. The Hall–Kier alpha value is -3.58. The minimum Gasteiger partial charge on any atom is -0.319 e. The van der Waals surface area contributed by atoms with Gasteiger partial charge in [0.2, 0.25) is 0 Å². The van der Waals surface area contributed by atoms with Crippen molar-refractivity contribution in [1.82, 2.24) is 14.1 Å². The molecular formula is C21H16N4. The number of aromatic nitrogens is 3. The van der Waals surface area contributed by atoms with Gasteiger partial charge in [-0.05, 0) is 31.2 Å². The number of rotatable bonds is 3. The lowest BCUT2D eigenvalue weighted by atomic mass is 10.2. The highest BCUT2D eigenvalue weighted by atomic mass is 15.1. The third-order valence-electron chi connectivity index (χ3n) is 4.28. The molecule has 0 bridgehead atoms. The smallest absolute Gasteiger partial charge is 0.187 e. The molecule has 0 unspecified atom stereocenters. The zero-order chi connectivity index (χ0) is 17.2. The number of imidazole rings is 1. The molecule has 25 heavy (non-hydrogen) atoms. The number of nitrogens with zero attached hydrogens (tertiary/aromatic N) is 4. The topological polar surface area (TPSA) is 27.1 Å². The van der Waals surface area contributed by atoms with Gasteiger partial charge in [0.15, 0.2) is 5.69 Å². The summed E-state index contributed by atoms with van der Waals surface area (Å²) in [5, 5.41) is 0. The van der Waals surface area contributed by atoms with E-state index in [4.69, 9.17) is 6.57 Å². The second kappa shape index (κ2) is 6.14. The number of hydrogen-bond donors (Lipinski definition) is 0. The standard InChI is InChI=1S/C21H16N4/c1-16-20(11-13-24(16)19-9-4-3-5-10-19)25-14-12-23-21(25)17-7-6-8-18(15-17)22-2/h3-15H,1H3. The number of benzene rings is 2. The van der Waals surface area contributed by atoms with E-state index in [0.29, 0.717) is 5.69 Å². The van der Waals surface area contributed by atoms with E-state index in [1.165, 1.54) is 0 Å². The van der Waals surface area contributed by atoms with Crippen LogP contribution in [0.5, 0.6) is 0 Å². The van der Waals surface area contributed by atoms with Crippen LogP contribution in [-0.2, 0) is 0 Å². The lowest BCUT2D eigenvalue weighted by Crippen LogP contribution is -2.00. The van der Waals surface area contributed by atoms with Gasteiger partial charge < -0.3 is 4.57 Å². The Morgan fingerprint density at radius 3 is 2.56 bits per heavy atom. The zero-order valence-corrected chi connectivity index (χ0v) is 13.8. The molecule has 0 aliphatic heterocycles. The molecule has 0 spiro atoms. The summed E-state index contributed by atoms with van der Waals surface area (Å²) in [6.45, 7) is 9.31. The molecule has 4 aromatic rings. The highest BCUT2D eigenvalue weighted by molar-refractivity contribution is 5.65. The van der Waals surface area contributed by atoms with Gasteiger partial charge in [-0.2, -0.15) is 0 Å². The van der Waals surface area contributed by atoms with Gasteiger partial charge in [0, 0.05) is 35.5 Å². The van der Waals surface area contributed by atoms with Crippen molar-refractivity contribution in [3.63, 3.8) is 0 Å². The van der Waals surface area contributed by atoms with Gasteiger partial charge >= 0.3 is 0 Å². The lowest BCUT2D eigenvalue weighted by molar-refractivity contribution is 0.978. The molecule has 4 nitrogen and oxygen atoms in total. The molecule has 0 radical (unpaired) electrons. The fraction of sp³-hybridized carbons (Fsp3) is 0.0476. The Labute approximate surface area is 146 Å². The second-order valence-electron chi connectivity index (χ2n) is 5.77. The van der Waals surface area contributed by atoms with Gasteiger partial charge in [-0.15, -0.1) is 0 Å². The van der Waals surface area contributed by atoms with Crippen molar-refractivity contribution in [2.24, 2.45) is 0 Å². The lowest BCUT2D eigenvalue weighted by Gasteiger charge is -2.10. The van der Waals surface area contributed by atoms with Gasteiger partial charge in [0.1, 0.15) is 5.82 Å². The molecule has 120 valence electrons. The summed E-state index contributed by atoms with van der Waals surface area (Å²) in [5.74, 6) is 0.833. The Balaban J connectivity index is 1.82. The SMILES string of the molecule is [C-]#[N+]c1cccc(-c2nccn2-c2ccn(-c3ccccc3)c2C)c1. The fourth-order valence-electron chi connectivity index (χ4n) is 3.05. The molecule has 4 rings (SSSR count). The molecule has 0 saturated carbocycles. The van der Waals surface area contributed by atoms with Crippen molar-refractivity contribution in [2.75, 3.05) is 0 Å².